The van der Waals surface area contributed by atoms with Gasteiger partial charge in [0.1, 0.15) is 11.6 Å². The summed E-state index contributed by atoms with van der Waals surface area (Å²) in [5.41, 5.74) is 2.43. The molecule has 0 radical (unpaired) electrons. The van der Waals surface area contributed by atoms with Gasteiger partial charge in [0, 0.05) is 17.4 Å². The maximum Gasteiger partial charge on any atom is 0.150 e. The van der Waals surface area contributed by atoms with Crippen molar-refractivity contribution in [3.63, 3.8) is 0 Å². The van der Waals surface area contributed by atoms with E-state index in [1.807, 2.05) is 49.4 Å². The number of benzene rings is 2. The zero-order chi connectivity index (χ0) is 16.8. The molecule has 120 valence electrons. The van der Waals surface area contributed by atoms with Gasteiger partial charge in [-0.2, -0.15) is 0 Å². The molecule has 1 aliphatic rings. The van der Waals surface area contributed by atoms with Gasteiger partial charge >= 0.3 is 0 Å². The first-order valence-corrected chi connectivity index (χ1v) is 8.78. The Labute approximate surface area is 145 Å². The largest absolute Gasteiger partial charge is 0.298 e. The average Bonchev–Trinajstić information content (AvgIpc) is 3.10. The van der Waals surface area contributed by atoms with Crippen molar-refractivity contribution >= 4 is 21.7 Å². The minimum Gasteiger partial charge on any atom is -0.298 e. The van der Waals surface area contributed by atoms with Crippen molar-refractivity contribution in [3.8, 4) is 11.1 Å². The molecule has 0 aliphatic heterocycles. The summed E-state index contributed by atoms with van der Waals surface area (Å²) in [4.78, 5) is 12.3. The highest BCUT2D eigenvalue weighted by Crippen LogP contribution is 2.65. The van der Waals surface area contributed by atoms with E-state index in [4.69, 9.17) is 0 Å². The third-order valence-electron chi connectivity index (χ3n) is 4.96. The van der Waals surface area contributed by atoms with E-state index in [1.54, 1.807) is 0 Å². The molecule has 3 heteroatoms. The molecule has 0 aromatic heterocycles. The van der Waals surface area contributed by atoms with Crippen molar-refractivity contribution < 1.29 is 9.18 Å². The number of halogens is 2. The van der Waals surface area contributed by atoms with E-state index in [1.165, 1.54) is 6.07 Å². The van der Waals surface area contributed by atoms with Crippen LogP contribution in [0, 0.1) is 17.2 Å². The van der Waals surface area contributed by atoms with E-state index in [0.29, 0.717) is 5.56 Å². The van der Waals surface area contributed by atoms with Gasteiger partial charge in [-0.1, -0.05) is 66.2 Å². The standard InChI is InChI=1S/C20H20BrFO/c1-12(21)19(23)18-17(20(18,2)3)14-9-10-16(22)15(11-14)13-7-5-4-6-8-13/h4-12,17-18H,1-3H3/t12?,17-,18+/m1/s1. The van der Waals surface area contributed by atoms with Crippen molar-refractivity contribution in [3.05, 3.63) is 59.9 Å². The first-order chi connectivity index (χ1) is 10.8. The summed E-state index contributed by atoms with van der Waals surface area (Å²) in [6.07, 6.45) is 0. The van der Waals surface area contributed by atoms with Gasteiger partial charge in [0.25, 0.3) is 0 Å². The van der Waals surface area contributed by atoms with Crippen LogP contribution in [0.4, 0.5) is 4.39 Å². The van der Waals surface area contributed by atoms with E-state index < -0.39 is 0 Å². The van der Waals surface area contributed by atoms with Crippen LogP contribution in [-0.4, -0.2) is 10.6 Å². The zero-order valence-corrected chi connectivity index (χ0v) is 15.1. The number of carbonyl (C=O) groups excluding carboxylic acids is 1. The molecule has 3 rings (SSSR count). The highest BCUT2D eigenvalue weighted by molar-refractivity contribution is 9.10. The Morgan fingerprint density at radius 2 is 1.83 bits per heavy atom. The molecule has 0 spiro atoms. The summed E-state index contributed by atoms with van der Waals surface area (Å²) < 4.78 is 14.2. The lowest BCUT2D eigenvalue weighted by molar-refractivity contribution is -0.120. The molecule has 0 N–H and O–H groups in total. The van der Waals surface area contributed by atoms with Crippen molar-refractivity contribution in [2.75, 3.05) is 0 Å². The number of hydrogen-bond acceptors (Lipinski definition) is 1. The predicted molar refractivity (Wildman–Crippen MR) is 95.2 cm³/mol. The first-order valence-electron chi connectivity index (χ1n) is 7.86. The Bertz CT molecular complexity index is 737. The fourth-order valence-corrected chi connectivity index (χ4v) is 3.90. The number of carbonyl (C=O) groups is 1. The minimum atomic E-state index is -0.227. The molecule has 0 amide bonds. The number of ketones is 1. The molecule has 0 heterocycles. The molecule has 1 unspecified atom stereocenters. The second-order valence-corrected chi connectivity index (χ2v) is 8.27. The molecule has 2 aromatic rings. The lowest BCUT2D eigenvalue weighted by atomic mass is 9.97. The minimum absolute atomic E-state index is 0.00837. The Hall–Kier alpha value is -1.48. The highest BCUT2D eigenvalue weighted by atomic mass is 79.9. The molecular formula is C20H20BrFO. The molecule has 1 fully saturated rings. The number of rotatable bonds is 4. The van der Waals surface area contributed by atoms with Gasteiger partial charge in [-0.05, 0) is 35.6 Å². The van der Waals surface area contributed by atoms with Crippen molar-refractivity contribution in [1.29, 1.82) is 0 Å². The summed E-state index contributed by atoms with van der Waals surface area (Å²) >= 11 is 3.39. The van der Waals surface area contributed by atoms with Gasteiger partial charge in [-0.15, -0.1) is 0 Å². The van der Waals surface area contributed by atoms with Gasteiger partial charge in [-0.3, -0.25) is 4.79 Å². The number of alkyl halides is 1. The van der Waals surface area contributed by atoms with Crippen LogP contribution >= 0.6 is 15.9 Å². The van der Waals surface area contributed by atoms with Crippen LogP contribution in [0.1, 0.15) is 32.3 Å². The van der Waals surface area contributed by atoms with Gasteiger partial charge in [0.05, 0.1) is 4.83 Å². The van der Waals surface area contributed by atoms with Crippen LogP contribution in [0.15, 0.2) is 48.5 Å². The molecular weight excluding hydrogens is 355 g/mol. The number of hydrogen-bond donors (Lipinski definition) is 0. The van der Waals surface area contributed by atoms with Crippen LogP contribution in [0.3, 0.4) is 0 Å². The Balaban J connectivity index is 1.98. The smallest absolute Gasteiger partial charge is 0.150 e. The quantitative estimate of drug-likeness (QED) is 0.637. The normalized spacial score (nSPS) is 23.3. The van der Waals surface area contributed by atoms with Crippen LogP contribution in [0.25, 0.3) is 11.1 Å². The van der Waals surface area contributed by atoms with E-state index in [9.17, 15) is 9.18 Å². The van der Waals surface area contributed by atoms with Crippen LogP contribution in [-0.2, 0) is 4.79 Å². The van der Waals surface area contributed by atoms with E-state index >= 15 is 0 Å². The van der Waals surface area contributed by atoms with Crippen molar-refractivity contribution in [2.24, 2.45) is 11.3 Å². The van der Waals surface area contributed by atoms with Crippen LogP contribution in [0.2, 0.25) is 0 Å². The summed E-state index contributed by atoms with van der Waals surface area (Å²) in [5.74, 6) is 0.143. The topological polar surface area (TPSA) is 17.1 Å². The monoisotopic (exact) mass is 374 g/mol. The van der Waals surface area contributed by atoms with E-state index in [0.717, 1.165) is 11.1 Å². The SMILES string of the molecule is CC(Br)C(=O)[C@@H]1[C@@H](c2ccc(F)c(-c3ccccc3)c2)C1(C)C. The Morgan fingerprint density at radius 3 is 2.43 bits per heavy atom. The summed E-state index contributed by atoms with van der Waals surface area (Å²) in [5, 5.41) is 0. The molecule has 3 atom stereocenters. The fraction of sp³-hybridized carbons (Fsp3) is 0.350. The molecule has 0 saturated heterocycles. The highest BCUT2D eigenvalue weighted by Gasteiger charge is 2.62. The second-order valence-electron chi connectivity index (χ2n) is 6.90. The maximum absolute atomic E-state index is 14.2. The van der Waals surface area contributed by atoms with Crippen LogP contribution < -0.4 is 0 Å². The second kappa shape index (κ2) is 5.86. The molecule has 0 bridgehead atoms. The van der Waals surface area contributed by atoms with Gasteiger partial charge in [0.2, 0.25) is 0 Å². The maximum atomic E-state index is 14.2. The lowest BCUT2D eigenvalue weighted by Gasteiger charge is -2.08. The summed E-state index contributed by atoms with van der Waals surface area (Å²) in [7, 11) is 0. The van der Waals surface area contributed by atoms with Crippen molar-refractivity contribution in [2.45, 2.75) is 31.5 Å². The van der Waals surface area contributed by atoms with Crippen molar-refractivity contribution in [1.82, 2.24) is 0 Å². The molecule has 1 aliphatic carbocycles. The van der Waals surface area contributed by atoms with Crippen LogP contribution in [0.5, 0.6) is 0 Å². The summed E-state index contributed by atoms with van der Waals surface area (Å²) in [6.45, 7) is 6.09. The number of Topliss-reactive ketones (excluding diaryl/α,β-unsaturated/α-hetero) is 1. The Kier molecular flexibility index (Phi) is 4.18. The van der Waals surface area contributed by atoms with E-state index in [2.05, 4.69) is 29.8 Å². The molecule has 23 heavy (non-hydrogen) atoms. The predicted octanol–water partition coefficient (Wildman–Crippen LogP) is 5.58. The molecule has 1 nitrogen and oxygen atoms in total. The third kappa shape index (κ3) is 2.87. The third-order valence-corrected chi connectivity index (χ3v) is 5.41. The van der Waals surface area contributed by atoms with Gasteiger partial charge in [-0.25, -0.2) is 4.39 Å². The molecule has 1 saturated carbocycles. The van der Waals surface area contributed by atoms with Gasteiger partial charge in [0.15, 0.2) is 0 Å². The average molecular weight is 375 g/mol. The van der Waals surface area contributed by atoms with Gasteiger partial charge < -0.3 is 0 Å². The zero-order valence-electron chi connectivity index (χ0n) is 13.5. The molecule has 2 aromatic carbocycles. The Morgan fingerprint density at radius 1 is 1.17 bits per heavy atom. The fourth-order valence-electron chi connectivity index (χ4n) is 3.61. The lowest BCUT2D eigenvalue weighted by Crippen LogP contribution is -2.15. The summed E-state index contributed by atoms with van der Waals surface area (Å²) in [6, 6.07) is 14.8. The van der Waals surface area contributed by atoms with E-state index in [-0.39, 0.29) is 33.7 Å². The first kappa shape index (κ1) is 16.4.